The van der Waals surface area contributed by atoms with Crippen LogP contribution in [0.3, 0.4) is 0 Å². The highest BCUT2D eigenvalue weighted by molar-refractivity contribution is 5.68. The van der Waals surface area contributed by atoms with E-state index >= 15 is 0 Å². The Morgan fingerprint density at radius 2 is 1.26 bits per heavy atom. The average Bonchev–Trinajstić information content (AvgIpc) is 3.16. The minimum Gasteiger partial charge on any atom is -0.445 e. The van der Waals surface area contributed by atoms with Crippen LogP contribution in [0.5, 0.6) is 0 Å². The van der Waals surface area contributed by atoms with Crippen LogP contribution >= 0.6 is 0 Å². The third kappa shape index (κ3) is 10.2. The van der Waals surface area contributed by atoms with Gasteiger partial charge in [0.15, 0.2) is 12.6 Å². The van der Waals surface area contributed by atoms with E-state index in [1.807, 2.05) is 6.07 Å². The van der Waals surface area contributed by atoms with E-state index in [-0.39, 0.29) is 26.2 Å². The van der Waals surface area contributed by atoms with Gasteiger partial charge < -0.3 is 80.5 Å². The number of benzene rings is 2. The zero-order chi connectivity index (χ0) is 38.2. The first kappa shape index (κ1) is 40.7. The number of hydrogen-bond donors (Lipinski definition) is 10. The first-order valence-electron chi connectivity index (χ1n) is 17.4. The number of aliphatic hydroxyl groups is 7. The van der Waals surface area contributed by atoms with Gasteiger partial charge in [-0.1, -0.05) is 67.6 Å². The minimum atomic E-state index is -1.88. The Hall–Kier alpha value is -3.50. The summed E-state index contributed by atoms with van der Waals surface area (Å²) in [6, 6.07) is 15.6. The van der Waals surface area contributed by atoms with Gasteiger partial charge in [0.05, 0.1) is 18.8 Å². The lowest BCUT2D eigenvalue weighted by atomic mass is 9.83. The van der Waals surface area contributed by atoms with Crippen molar-refractivity contribution >= 4 is 12.2 Å². The molecule has 3 aliphatic rings. The fraction of sp³-hybridized carbons (Fsp3) is 0.600. The highest BCUT2D eigenvalue weighted by Gasteiger charge is 2.52. The van der Waals surface area contributed by atoms with Gasteiger partial charge in [-0.05, 0) is 17.5 Å². The maximum atomic E-state index is 13.0. The summed E-state index contributed by atoms with van der Waals surface area (Å²) in [5, 5.41) is 80.0. The summed E-state index contributed by atoms with van der Waals surface area (Å²) >= 11 is 0. The molecule has 1 aliphatic carbocycles. The predicted octanol–water partition coefficient (Wildman–Crippen LogP) is -2.05. The molecule has 53 heavy (non-hydrogen) atoms. The van der Waals surface area contributed by atoms with E-state index in [1.165, 1.54) is 6.92 Å². The summed E-state index contributed by atoms with van der Waals surface area (Å²) in [7, 11) is 0. The molecule has 2 heterocycles. The van der Waals surface area contributed by atoms with Crippen molar-refractivity contribution in [1.29, 1.82) is 0 Å². The summed E-state index contributed by atoms with van der Waals surface area (Å²) in [6.45, 7) is 0.421. The number of rotatable bonds is 12. The van der Waals surface area contributed by atoms with Crippen LogP contribution in [0, 0.1) is 5.92 Å². The Labute approximate surface area is 305 Å². The van der Waals surface area contributed by atoms with Crippen molar-refractivity contribution in [3.63, 3.8) is 0 Å². The second kappa shape index (κ2) is 18.7. The van der Waals surface area contributed by atoms with E-state index in [4.69, 9.17) is 34.2 Å². The molecule has 2 aromatic carbocycles. The summed E-state index contributed by atoms with van der Waals surface area (Å²) in [4.78, 5) is 25.4. The number of nitrogens with two attached hydrogens (primary N) is 1. The molecule has 0 radical (unpaired) electrons. The van der Waals surface area contributed by atoms with Gasteiger partial charge in [0.2, 0.25) is 0 Å². The normalized spacial score (nSPS) is 37.3. The number of aliphatic hydroxyl groups excluding tert-OH is 7. The second-order valence-corrected chi connectivity index (χ2v) is 13.4. The molecule has 0 aromatic heterocycles. The highest BCUT2D eigenvalue weighted by atomic mass is 16.7. The first-order valence-corrected chi connectivity index (χ1v) is 17.4. The molecule has 18 heteroatoms. The molecule has 0 bridgehead atoms. The smallest absolute Gasteiger partial charge is 0.407 e. The number of alkyl carbamates (subject to hydrolysis) is 2. The van der Waals surface area contributed by atoms with Gasteiger partial charge in [0.1, 0.15) is 68.1 Å². The van der Waals surface area contributed by atoms with Crippen LogP contribution in [-0.2, 0) is 41.6 Å². The molecule has 2 aliphatic heterocycles. The van der Waals surface area contributed by atoms with Crippen LogP contribution in [0.25, 0.3) is 0 Å². The van der Waals surface area contributed by atoms with Gasteiger partial charge in [0, 0.05) is 18.5 Å². The Bertz CT molecular complexity index is 1440. The zero-order valence-corrected chi connectivity index (χ0v) is 28.9. The molecule has 2 amide bonds. The quantitative estimate of drug-likeness (QED) is 0.112. The van der Waals surface area contributed by atoms with Crippen molar-refractivity contribution in [2.24, 2.45) is 11.7 Å². The molecular formula is C35H49N3O15. The second-order valence-electron chi connectivity index (χ2n) is 13.4. The van der Waals surface area contributed by atoms with Gasteiger partial charge in [-0.15, -0.1) is 0 Å². The van der Waals surface area contributed by atoms with E-state index in [2.05, 4.69) is 10.6 Å². The van der Waals surface area contributed by atoms with Gasteiger partial charge in [-0.3, -0.25) is 0 Å². The van der Waals surface area contributed by atoms with Crippen LogP contribution in [-0.4, -0.2) is 147 Å². The van der Waals surface area contributed by atoms with Crippen molar-refractivity contribution in [3.05, 3.63) is 71.8 Å². The van der Waals surface area contributed by atoms with Gasteiger partial charge in [-0.2, -0.15) is 0 Å². The monoisotopic (exact) mass is 751 g/mol. The molecule has 3 fully saturated rings. The van der Waals surface area contributed by atoms with Crippen LogP contribution < -0.4 is 16.4 Å². The van der Waals surface area contributed by atoms with E-state index in [9.17, 15) is 45.3 Å². The fourth-order valence-electron chi connectivity index (χ4n) is 6.50. The zero-order valence-electron chi connectivity index (χ0n) is 28.9. The molecule has 6 unspecified atom stereocenters. The molecule has 11 N–H and O–H groups in total. The van der Waals surface area contributed by atoms with E-state index < -0.39 is 110 Å². The van der Waals surface area contributed by atoms with Gasteiger partial charge >= 0.3 is 12.2 Å². The van der Waals surface area contributed by atoms with Crippen molar-refractivity contribution < 1.29 is 73.8 Å². The summed E-state index contributed by atoms with van der Waals surface area (Å²) < 4.78 is 33.9. The third-order valence-electron chi connectivity index (χ3n) is 9.67. The molecule has 1 saturated carbocycles. The molecule has 294 valence electrons. The van der Waals surface area contributed by atoms with Crippen LogP contribution in [0.15, 0.2) is 60.7 Å². The average molecular weight is 752 g/mol. The molecule has 18 nitrogen and oxygen atoms in total. The van der Waals surface area contributed by atoms with Crippen molar-refractivity contribution in [2.45, 2.75) is 112 Å². The van der Waals surface area contributed by atoms with E-state index in [0.717, 1.165) is 5.56 Å². The maximum Gasteiger partial charge on any atom is 0.407 e. The molecule has 0 spiro atoms. The van der Waals surface area contributed by atoms with Crippen LogP contribution in [0.1, 0.15) is 24.5 Å². The van der Waals surface area contributed by atoms with Crippen LogP contribution in [0.4, 0.5) is 9.59 Å². The molecule has 5 rings (SSSR count). The summed E-state index contributed by atoms with van der Waals surface area (Å²) in [6.07, 6.45) is -20.1. The van der Waals surface area contributed by atoms with E-state index in [1.54, 1.807) is 54.6 Å². The Morgan fingerprint density at radius 1 is 0.717 bits per heavy atom. The number of ether oxygens (including phenoxy) is 6. The van der Waals surface area contributed by atoms with Crippen LogP contribution in [0.2, 0.25) is 0 Å². The fourth-order valence-corrected chi connectivity index (χ4v) is 6.50. The van der Waals surface area contributed by atoms with Crippen molar-refractivity contribution in [1.82, 2.24) is 10.6 Å². The predicted molar refractivity (Wildman–Crippen MR) is 180 cm³/mol. The third-order valence-corrected chi connectivity index (χ3v) is 9.67. The molecule has 2 aromatic rings. The number of carbonyl (C=O) groups excluding carboxylic acids is 2. The number of carbonyl (C=O) groups is 2. The summed E-state index contributed by atoms with van der Waals surface area (Å²) in [5.41, 5.74) is 7.86. The largest absolute Gasteiger partial charge is 0.445 e. The summed E-state index contributed by atoms with van der Waals surface area (Å²) in [5.74, 6) is -0.802. The van der Waals surface area contributed by atoms with Gasteiger partial charge in [-0.25, -0.2) is 9.59 Å². The molecular weight excluding hydrogens is 702 g/mol. The first-order chi connectivity index (χ1) is 25.4. The standard InChI is InChI=1S/C35H49N3O15/c1-17-24(40)23(14-39)51-32(25(17)41)52-30-20(36)12-21(38-35(47)49-16-19-10-6-3-7-11-19)31(29(30)45)53-33-28(44)27(43)26(42)22(50-33)13-37-34(46)48-15-18-8-4-2-5-9-18/h2-11,17,20-33,39-45H,12-16,36H2,1H3,(H,37,46)(H,38,47)/t17-,20-,21?,22?,23-,24?,25-,26-,27+,28?,29-,30?,31-,32?,33-/m1/s1. The SMILES string of the molecule is C[C@@H]1C(O)[C@@H](CO)OC(OC2[C@H](N)CC(NC(=O)OCc3ccccc3)[C@@H](O[C@H]3OC(CNC(=O)OCc4ccccc4)[C@@H](O)[C@H](O)C3O)[C@@H]2O)[C@@H]1O. The lowest BCUT2D eigenvalue weighted by Crippen LogP contribution is -2.68. The molecule has 2 saturated heterocycles. The lowest BCUT2D eigenvalue weighted by molar-refractivity contribution is -0.336. The number of amides is 2. The van der Waals surface area contributed by atoms with Gasteiger partial charge in [0.25, 0.3) is 0 Å². The number of hydrogen-bond acceptors (Lipinski definition) is 16. The van der Waals surface area contributed by atoms with Crippen molar-refractivity contribution in [2.75, 3.05) is 13.2 Å². The molecule has 15 atom stereocenters. The Balaban J connectivity index is 1.29. The highest BCUT2D eigenvalue weighted by Crippen LogP contribution is 2.33. The lowest BCUT2D eigenvalue weighted by Gasteiger charge is -2.48. The number of nitrogens with one attached hydrogen (secondary N) is 2. The topological polar surface area (TPSA) is 281 Å². The van der Waals surface area contributed by atoms with E-state index in [0.29, 0.717) is 5.56 Å². The minimum absolute atomic E-state index is 0.0377. The Morgan fingerprint density at radius 3 is 1.87 bits per heavy atom. The Kier molecular flexibility index (Phi) is 14.4. The van der Waals surface area contributed by atoms with Crippen molar-refractivity contribution in [3.8, 4) is 0 Å². The maximum absolute atomic E-state index is 13.0.